The molecule has 10 saturated heterocycles. The van der Waals surface area contributed by atoms with E-state index in [1.54, 1.807) is 0 Å². The zero-order chi connectivity index (χ0) is 47.7. The van der Waals surface area contributed by atoms with Crippen LogP contribution < -0.4 is 0 Å². The number of carbonyl (C=O) groups is 7. The van der Waals surface area contributed by atoms with Crippen molar-refractivity contribution in [1.82, 2.24) is 0 Å². The average molecular weight is 965 g/mol. The maximum absolute atomic E-state index is 11.6. The average Bonchev–Trinajstić information content (AvgIpc) is 4.17. The molecule has 382 valence electrons. The molecule has 8 saturated carbocycles. The Bertz CT molecular complexity index is 1850. The summed E-state index contributed by atoms with van der Waals surface area (Å²) in [5, 5.41) is 0. The molecule has 0 amide bonds. The normalized spacial score (nSPS) is 42.7. The second-order valence-electron chi connectivity index (χ2n) is 23.3. The van der Waals surface area contributed by atoms with Gasteiger partial charge in [-0.1, -0.05) is 32.1 Å². The summed E-state index contributed by atoms with van der Waals surface area (Å²) >= 11 is 0. The topological polar surface area (TPSA) is 193 Å². The molecule has 2 spiro atoms. The molecular formula is C54H76O15. The second kappa shape index (κ2) is 21.1. The number of hydrogen-bond donors (Lipinski definition) is 0. The number of hydrogen-bond acceptors (Lipinski definition) is 15. The summed E-state index contributed by atoms with van der Waals surface area (Å²) in [5.41, 5.74) is -0.0266. The van der Waals surface area contributed by atoms with Gasteiger partial charge in [0.25, 0.3) is 0 Å². The van der Waals surface area contributed by atoms with Gasteiger partial charge in [0.05, 0.1) is 67.9 Å². The first-order valence-electron chi connectivity index (χ1n) is 27.4. The van der Waals surface area contributed by atoms with Crippen molar-refractivity contribution in [2.24, 2.45) is 64.1 Å². The van der Waals surface area contributed by atoms with Crippen molar-refractivity contribution in [2.45, 2.75) is 204 Å². The summed E-state index contributed by atoms with van der Waals surface area (Å²) in [4.78, 5) is 76.8. The van der Waals surface area contributed by atoms with Gasteiger partial charge in [0.15, 0.2) is 0 Å². The van der Waals surface area contributed by atoms with E-state index in [1.807, 2.05) is 0 Å². The lowest BCUT2D eigenvalue weighted by Crippen LogP contribution is -2.39. The Labute approximate surface area is 406 Å². The predicted octanol–water partition coefficient (Wildman–Crippen LogP) is 7.84. The van der Waals surface area contributed by atoms with Crippen LogP contribution in [0.4, 0.5) is 0 Å². The molecule has 8 bridgehead atoms. The van der Waals surface area contributed by atoms with E-state index in [2.05, 4.69) is 0 Å². The molecule has 0 aromatic carbocycles. The fourth-order valence-electron chi connectivity index (χ4n) is 15.4. The van der Waals surface area contributed by atoms with Gasteiger partial charge in [-0.15, -0.1) is 0 Å². The summed E-state index contributed by atoms with van der Waals surface area (Å²) in [7, 11) is 0. The van der Waals surface area contributed by atoms with Crippen LogP contribution >= 0.6 is 0 Å². The molecule has 13 atom stereocenters. The first kappa shape index (κ1) is 48.9. The molecule has 10 heterocycles. The second-order valence-corrected chi connectivity index (χ2v) is 23.3. The van der Waals surface area contributed by atoms with Gasteiger partial charge in [0.2, 0.25) is 0 Å². The van der Waals surface area contributed by atoms with Crippen molar-refractivity contribution in [3.8, 4) is 0 Å². The molecule has 0 radical (unpaired) electrons. The van der Waals surface area contributed by atoms with Crippen LogP contribution in [0.3, 0.4) is 0 Å². The van der Waals surface area contributed by atoms with Crippen LogP contribution in [0.5, 0.6) is 0 Å². The standard InChI is InChI=1S/C10H14O2.C9H14O2.C8H10O2.3C7H10O2.C6H8O3/c11-9-10(3-4-12-9)6-7-1-2-8(10)5-7;10-8-9(6-7-11-8)4-2-1-3-5-9;9-8-6-2-5-1-4(6)3-7(5)10-8;8-7-5-1-3-6(9-7)4-2-5;8-7-6-3-1-2-5(6)4-9-7;8-7-4-5-2-1-3-6(5)9-7;7-6-3-5-4(9-6)1-2-8-5/h7-8H,1-6H2;1-7H2;4-7H,1-3H2;3*5-6H,1-4H2;4-5H,1-3H2. The van der Waals surface area contributed by atoms with E-state index < -0.39 is 0 Å². The first-order chi connectivity index (χ1) is 33.4. The number of esters is 7. The van der Waals surface area contributed by atoms with Crippen molar-refractivity contribution < 1.29 is 71.5 Å². The van der Waals surface area contributed by atoms with Crippen molar-refractivity contribution in [3.63, 3.8) is 0 Å². The zero-order valence-electron chi connectivity index (χ0n) is 40.6. The lowest BCUT2D eigenvalue weighted by molar-refractivity contribution is -0.170. The van der Waals surface area contributed by atoms with Crippen molar-refractivity contribution >= 4 is 41.8 Å². The maximum atomic E-state index is 11.6. The van der Waals surface area contributed by atoms with E-state index in [0.29, 0.717) is 74.5 Å². The minimum absolute atomic E-state index is 0.00289. The van der Waals surface area contributed by atoms with Crippen LogP contribution in [0.25, 0.3) is 0 Å². The number of fused-ring (bicyclic) bond motifs is 10. The molecule has 10 aliphatic heterocycles. The monoisotopic (exact) mass is 965 g/mol. The molecule has 13 unspecified atom stereocenters. The van der Waals surface area contributed by atoms with Gasteiger partial charge in [-0.25, -0.2) is 0 Å². The fraction of sp³-hybridized carbons (Fsp3) is 0.870. The lowest BCUT2D eigenvalue weighted by atomic mass is 9.72. The number of ether oxygens (including phenoxy) is 8. The van der Waals surface area contributed by atoms with Crippen molar-refractivity contribution in [3.05, 3.63) is 0 Å². The molecule has 0 N–H and O–H groups in total. The van der Waals surface area contributed by atoms with Gasteiger partial charge in [-0.05, 0) is 146 Å². The number of carbonyl (C=O) groups excluding carboxylic acids is 7. The number of cyclic esters (lactones) is 3. The third-order valence-electron chi connectivity index (χ3n) is 19.4. The van der Waals surface area contributed by atoms with Gasteiger partial charge in [0.1, 0.15) is 30.5 Å². The highest BCUT2D eigenvalue weighted by Gasteiger charge is 2.59. The lowest BCUT2D eigenvalue weighted by Gasteiger charge is -2.34. The first-order valence-corrected chi connectivity index (χ1v) is 27.4. The summed E-state index contributed by atoms with van der Waals surface area (Å²) in [6.07, 6.45) is 31.0. The van der Waals surface area contributed by atoms with E-state index in [4.69, 9.17) is 37.9 Å². The van der Waals surface area contributed by atoms with Crippen molar-refractivity contribution in [2.75, 3.05) is 26.4 Å². The largest absolute Gasteiger partial charge is 0.465 e. The molecule has 18 fully saturated rings. The zero-order valence-corrected chi connectivity index (χ0v) is 40.6. The van der Waals surface area contributed by atoms with Gasteiger partial charge in [-0.3, -0.25) is 33.6 Å². The molecular weight excluding hydrogens is 889 g/mol. The summed E-state index contributed by atoms with van der Waals surface area (Å²) in [5.74, 6) is 5.29. The van der Waals surface area contributed by atoms with Crippen LogP contribution in [0.1, 0.15) is 173 Å². The molecule has 0 aromatic heterocycles. The van der Waals surface area contributed by atoms with E-state index in [0.717, 1.165) is 102 Å². The molecule has 15 heteroatoms. The Morgan fingerprint density at radius 2 is 1.19 bits per heavy atom. The Kier molecular flexibility index (Phi) is 15.0. The Morgan fingerprint density at radius 1 is 0.435 bits per heavy atom. The third-order valence-corrected chi connectivity index (χ3v) is 19.4. The van der Waals surface area contributed by atoms with Crippen molar-refractivity contribution in [1.29, 1.82) is 0 Å². The van der Waals surface area contributed by atoms with E-state index in [-0.39, 0.29) is 82.8 Å². The van der Waals surface area contributed by atoms with Crippen LogP contribution in [0.15, 0.2) is 0 Å². The van der Waals surface area contributed by atoms with Gasteiger partial charge in [-0.2, -0.15) is 0 Å². The van der Waals surface area contributed by atoms with Crippen LogP contribution in [-0.4, -0.2) is 98.7 Å². The summed E-state index contributed by atoms with van der Waals surface area (Å²) in [6, 6.07) is 0. The molecule has 8 aliphatic carbocycles. The molecule has 18 rings (SSSR count). The SMILES string of the molecule is O=C1CC2CCCC2O1.O=C1CC2OCCC2O1.O=C1OC2CC3CC2CC13.O=C1OC2CCC1CC2.O=C1OCC2CCCC12.O=C1OCCC12CC1CCC2C1.O=C1OCCC12CCCCC2. The smallest absolute Gasteiger partial charge is 0.312 e. The van der Waals surface area contributed by atoms with Gasteiger partial charge >= 0.3 is 41.8 Å². The number of rotatable bonds is 0. The van der Waals surface area contributed by atoms with E-state index in [1.165, 1.54) is 77.0 Å². The van der Waals surface area contributed by atoms with Gasteiger partial charge in [0, 0.05) is 18.3 Å². The van der Waals surface area contributed by atoms with E-state index >= 15 is 0 Å². The summed E-state index contributed by atoms with van der Waals surface area (Å²) < 4.78 is 40.4. The Morgan fingerprint density at radius 3 is 1.77 bits per heavy atom. The molecule has 15 nitrogen and oxygen atoms in total. The van der Waals surface area contributed by atoms with Crippen LogP contribution in [-0.2, 0) is 71.5 Å². The van der Waals surface area contributed by atoms with Gasteiger partial charge < -0.3 is 37.9 Å². The highest BCUT2D eigenvalue weighted by Crippen LogP contribution is 2.60. The highest BCUT2D eigenvalue weighted by atomic mass is 16.6. The molecule has 18 aliphatic rings. The third kappa shape index (κ3) is 10.6. The molecule has 69 heavy (non-hydrogen) atoms. The Hall–Kier alpha value is -3.75. The summed E-state index contributed by atoms with van der Waals surface area (Å²) in [6.45, 7) is 2.80. The predicted molar refractivity (Wildman–Crippen MR) is 243 cm³/mol. The Balaban J connectivity index is 0.0000000938. The minimum atomic E-state index is -0.107. The van der Waals surface area contributed by atoms with E-state index in [9.17, 15) is 33.6 Å². The molecule has 0 aromatic rings. The minimum Gasteiger partial charge on any atom is -0.465 e. The van der Waals surface area contributed by atoms with Crippen LogP contribution in [0, 0.1) is 64.1 Å². The van der Waals surface area contributed by atoms with Crippen LogP contribution in [0.2, 0.25) is 0 Å². The quantitative estimate of drug-likeness (QED) is 0.168. The maximum Gasteiger partial charge on any atom is 0.312 e. The fourth-order valence-corrected chi connectivity index (χ4v) is 15.4. The highest BCUT2D eigenvalue weighted by molar-refractivity contribution is 5.80.